The third-order valence-corrected chi connectivity index (χ3v) is 3.95. The standard InChI is InChI=1S/C16H15BrN2OS/c1-10-7-8-13(12(17)9-10)19-16(20)14(15(18)21)11-5-3-2-4-6-11/h2-9,14H,1H3,(H2,18,21)(H,19,20). The Morgan fingerprint density at radius 2 is 1.90 bits per heavy atom. The largest absolute Gasteiger partial charge is 0.392 e. The van der Waals surface area contributed by atoms with Crippen LogP contribution in [-0.2, 0) is 4.79 Å². The van der Waals surface area contributed by atoms with E-state index in [1.165, 1.54) is 0 Å². The number of carbonyl (C=O) groups excluding carboxylic acids is 1. The summed E-state index contributed by atoms with van der Waals surface area (Å²) >= 11 is 8.49. The van der Waals surface area contributed by atoms with Crippen molar-refractivity contribution in [1.29, 1.82) is 0 Å². The van der Waals surface area contributed by atoms with Gasteiger partial charge in [-0.3, -0.25) is 4.79 Å². The maximum atomic E-state index is 12.5. The molecule has 0 radical (unpaired) electrons. The normalized spacial score (nSPS) is 11.7. The van der Waals surface area contributed by atoms with Gasteiger partial charge in [-0.15, -0.1) is 0 Å². The molecule has 2 aromatic rings. The highest BCUT2D eigenvalue weighted by Gasteiger charge is 2.23. The van der Waals surface area contributed by atoms with Crippen LogP contribution >= 0.6 is 28.1 Å². The molecule has 2 aromatic carbocycles. The number of hydrogen-bond acceptors (Lipinski definition) is 2. The topological polar surface area (TPSA) is 55.1 Å². The van der Waals surface area contributed by atoms with Crippen molar-refractivity contribution in [1.82, 2.24) is 0 Å². The van der Waals surface area contributed by atoms with Crippen molar-refractivity contribution in [2.45, 2.75) is 12.8 Å². The second-order valence-electron chi connectivity index (χ2n) is 4.72. The molecule has 0 aliphatic heterocycles. The Kier molecular flexibility index (Phi) is 5.09. The van der Waals surface area contributed by atoms with E-state index in [9.17, 15) is 4.79 Å². The van der Waals surface area contributed by atoms with Crippen molar-refractivity contribution in [3.63, 3.8) is 0 Å². The van der Waals surface area contributed by atoms with Crippen LogP contribution in [0.4, 0.5) is 5.69 Å². The summed E-state index contributed by atoms with van der Waals surface area (Å²) in [5.41, 5.74) is 8.33. The molecular weight excluding hydrogens is 348 g/mol. The number of anilines is 1. The molecule has 0 saturated heterocycles. The molecule has 0 bridgehead atoms. The summed E-state index contributed by atoms with van der Waals surface area (Å²) in [6.07, 6.45) is 0. The highest BCUT2D eigenvalue weighted by atomic mass is 79.9. The molecule has 5 heteroatoms. The van der Waals surface area contributed by atoms with E-state index in [1.807, 2.05) is 55.5 Å². The second-order valence-corrected chi connectivity index (χ2v) is 6.04. The maximum absolute atomic E-state index is 12.5. The number of hydrogen-bond donors (Lipinski definition) is 2. The summed E-state index contributed by atoms with van der Waals surface area (Å²) in [5, 5.41) is 2.86. The summed E-state index contributed by atoms with van der Waals surface area (Å²) in [4.78, 5) is 12.6. The number of benzene rings is 2. The van der Waals surface area contributed by atoms with Crippen LogP contribution in [0.25, 0.3) is 0 Å². The van der Waals surface area contributed by atoms with Crippen LogP contribution < -0.4 is 11.1 Å². The predicted molar refractivity (Wildman–Crippen MR) is 93.5 cm³/mol. The Morgan fingerprint density at radius 1 is 1.24 bits per heavy atom. The fraction of sp³-hybridized carbons (Fsp3) is 0.125. The molecule has 108 valence electrons. The third-order valence-electron chi connectivity index (χ3n) is 3.06. The van der Waals surface area contributed by atoms with Gasteiger partial charge in [0.15, 0.2) is 0 Å². The zero-order valence-electron chi connectivity index (χ0n) is 11.5. The minimum Gasteiger partial charge on any atom is -0.392 e. The van der Waals surface area contributed by atoms with Gasteiger partial charge in [0.1, 0.15) is 5.92 Å². The van der Waals surface area contributed by atoms with Crippen LogP contribution in [-0.4, -0.2) is 10.9 Å². The molecule has 0 aliphatic carbocycles. The SMILES string of the molecule is Cc1ccc(NC(=O)C(C(N)=S)c2ccccc2)c(Br)c1. The minimum atomic E-state index is -0.644. The Morgan fingerprint density at radius 3 is 2.48 bits per heavy atom. The van der Waals surface area contributed by atoms with Crippen LogP contribution in [0.3, 0.4) is 0 Å². The van der Waals surface area contributed by atoms with Crippen molar-refractivity contribution < 1.29 is 4.79 Å². The quantitative estimate of drug-likeness (QED) is 0.814. The van der Waals surface area contributed by atoms with Gasteiger partial charge in [-0.25, -0.2) is 0 Å². The van der Waals surface area contributed by atoms with Gasteiger partial charge >= 0.3 is 0 Å². The van der Waals surface area contributed by atoms with Gasteiger partial charge in [0.25, 0.3) is 0 Å². The molecule has 0 spiro atoms. The summed E-state index contributed by atoms with van der Waals surface area (Å²) in [6.45, 7) is 1.98. The maximum Gasteiger partial charge on any atom is 0.238 e. The molecule has 0 aromatic heterocycles. The molecule has 0 aliphatic rings. The first kappa shape index (κ1) is 15.7. The van der Waals surface area contributed by atoms with Crippen molar-refractivity contribution in [3.05, 3.63) is 64.1 Å². The highest BCUT2D eigenvalue weighted by molar-refractivity contribution is 9.10. The number of halogens is 1. The van der Waals surface area contributed by atoms with E-state index >= 15 is 0 Å². The predicted octanol–water partition coefficient (Wildman–Crippen LogP) is 3.77. The molecule has 0 saturated carbocycles. The average Bonchev–Trinajstić information content (AvgIpc) is 2.43. The van der Waals surface area contributed by atoms with Gasteiger partial charge in [-0.1, -0.05) is 48.6 Å². The van der Waals surface area contributed by atoms with Crippen LogP contribution in [0.2, 0.25) is 0 Å². The van der Waals surface area contributed by atoms with Gasteiger partial charge in [-0.05, 0) is 46.1 Å². The van der Waals surface area contributed by atoms with E-state index in [0.717, 1.165) is 15.6 Å². The first-order chi connectivity index (χ1) is 9.99. The number of thiocarbonyl (C=S) groups is 1. The lowest BCUT2D eigenvalue weighted by molar-refractivity contribution is -0.116. The monoisotopic (exact) mass is 362 g/mol. The molecule has 1 atom stereocenters. The van der Waals surface area contributed by atoms with E-state index in [0.29, 0.717) is 5.69 Å². The number of nitrogens with two attached hydrogens (primary N) is 1. The molecule has 3 N–H and O–H groups in total. The molecule has 3 nitrogen and oxygen atoms in total. The third kappa shape index (κ3) is 3.89. The Hall–Kier alpha value is -1.72. The van der Waals surface area contributed by atoms with Crippen molar-refractivity contribution in [2.24, 2.45) is 5.73 Å². The molecule has 1 amide bonds. The first-order valence-electron chi connectivity index (χ1n) is 6.40. The van der Waals surface area contributed by atoms with E-state index in [-0.39, 0.29) is 10.9 Å². The lowest BCUT2D eigenvalue weighted by atomic mass is 9.98. The first-order valence-corrected chi connectivity index (χ1v) is 7.60. The van der Waals surface area contributed by atoms with Gasteiger partial charge < -0.3 is 11.1 Å². The number of carbonyl (C=O) groups is 1. The highest BCUT2D eigenvalue weighted by Crippen LogP contribution is 2.25. The zero-order chi connectivity index (χ0) is 15.4. The average molecular weight is 363 g/mol. The zero-order valence-corrected chi connectivity index (χ0v) is 13.9. The summed E-state index contributed by atoms with van der Waals surface area (Å²) in [7, 11) is 0. The van der Waals surface area contributed by atoms with E-state index in [4.69, 9.17) is 18.0 Å². The molecule has 0 fully saturated rings. The molecule has 2 rings (SSSR count). The summed E-state index contributed by atoms with van der Waals surface area (Å²) < 4.78 is 0.825. The van der Waals surface area contributed by atoms with Crippen LogP contribution in [0.15, 0.2) is 53.0 Å². The van der Waals surface area contributed by atoms with Gasteiger partial charge in [0.05, 0.1) is 10.7 Å². The lowest BCUT2D eigenvalue weighted by Crippen LogP contribution is -2.31. The van der Waals surface area contributed by atoms with Crippen LogP contribution in [0, 0.1) is 6.92 Å². The summed E-state index contributed by atoms with van der Waals surface area (Å²) in [6, 6.07) is 15.0. The molecule has 0 heterocycles. The Balaban J connectivity index is 2.26. The molecular formula is C16H15BrN2OS. The Bertz CT molecular complexity index is 673. The lowest BCUT2D eigenvalue weighted by Gasteiger charge is -2.16. The van der Waals surface area contributed by atoms with Gasteiger partial charge in [0, 0.05) is 4.47 Å². The number of aryl methyl sites for hydroxylation is 1. The van der Waals surface area contributed by atoms with Gasteiger partial charge in [-0.2, -0.15) is 0 Å². The number of rotatable bonds is 4. The number of nitrogens with one attached hydrogen (secondary N) is 1. The van der Waals surface area contributed by atoms with E-state index in [1.54, 1.807) is 0 Å². The fourth-order valence-electron chi connectivity index (χ4n) is 2.02. The van der Waals surface area contributed by atoms with Gasteiger partial charge in [0.2, 0.25) is 5.91 Å². The van der Waals surface area contributed by atoms with E-state index in [2.05, 4.69) is 21.2 Å². The fourth-order valence-corrected chi connectivity index (χ4v) is 2.85. The van der Waals surface area contributed by atoms with Crippen molar-refractivity contribution in [3.8, 4) is 0 Å². The second kappa shape index (κ2) is 6.83. The number of amides is 1. The van der Waals surface area contributed by atoms with Crippen molar-refractivity contribution in [2.75, 3.05) is 5.32 Å². The summed E-state index contributed by atoms with van der Waals surface area (Å²) in [5.74, 6) is -0.882. The van der Waals surface area contributed by atoms with E-state index < -0.39 is 5.92 Å². The van der Waals surface area contributed by atoms with Crippen LogP contribution in [0.5, 0.6) is 0 Å². The minimum absolute atomic E-state index is 0.155. The Labute approximate surface area is 137 Å². The molecule has 1 unspecified atom stereocenters. The smallest absolute Gasteiger partial charge is 0.238 e. The molecule has 21 heavy (non-hydrogen) atoms. The van der Waals surface area contributed by atoms with Crippen molar-refractivity contribution >= 4 is 44.7 Å². The van der Waals surface area contributed by atoms with Crippen LogP contribution in [0.1, 0.15) is 17.0 Å².